The summed E-state index contributed by atoms with van der Waals surface area (Å²) in [6.07, 6.45) is 2.45. The fourth-order valence-electron chi connectivity index (χ4n) is 1.49. The van der Waals surface area contributed by atoms with Crippen LogP contribution in [0.15, 0.2) is 24.3 Å². The molecule has 0 aromatic heterocycles. The summed E-state index contributed by atoms with van der Waals surface area (Å²) in [5, 5.41) is 0. The van der Waals surface area contributed by atoms with E-state index < -0.39 is 0 Å². The molecule has 1 N–H and O–H groups in total. The summed E-state index contributed by atoms with van der Waals surface area (Å²) in [5.41, 5.74) is 3.75. The summed E-state index contributed by atoms with van der Waals surface area (Å²) < 4.78 is 6.90. The van der Waals surface area contributed by atoms with Crippen molar-refractivity contribution in [3.8, 4) is 5.75 Å². The van der Waals surface area contributed by atoms with Gasteiger partial charge in [-0.3, -0.25) is 4.79 Å². The maximum absolute atomic E-state index is 11.0. The predicted octanol–water partition coefficient (Wildman–Crippen LogP) is 0.561. The second-order valence-corrected chi connectivity index (χ2v) is 3.38. The fraction of sp³-hybridized carbons (Fsp3) is 0.273. The molecule has 1 amide bonds. The van der Waals surface area contributed by atoms with Gasteiger partial charge in [0, 0.05) is 5.56 Å². The first-order valence-corrected chi connectivity index (χ1v) is 4.83. The zero-order chi connectivity index (χ0) is 10.7. The van der Waals surface area contributed by atoms with Crippen molar-refractivity contribution in [3.63, 3.8) is 0 Å². The summed E-state index contributed by atoms with van der Waals surface area (Å²) in [7, 11) is 1.64. The summed E-state index contributed by atoms with van der Waals surface area (Å²) in [4.78, 5) is 11.0. The van der Waals surface area contributed by atoms with E-state index in [4.69, 9.17) is 4.74 Å². The van der Waals surface area contributed by atoms with E-state index >= 15 is 0 Å². The second kappa shape index (κ2) is 4.13. The van der Waals surface area contributed by atoms with Crippen LogP contribution in [-0.2, 0) is 4.79 Å². The Labute approximate surface area is 88.2 Å². The molecule has 15 heavy (non-hydrogen) atoms. The number of nitrogens with zero attached hydrogens (tertiary/aromatic N) is 1. The standard InChI is InChI=1S/C11H12N2O2/c1-15-10-4-2-3-9(7-10)8-13-6-5-11(14)12-13/h2-4,7-8H,5-6H2,1H3/p+1. The average molecular weight is 205 g/mol. The summed E-state index contributed by atoms with van der Waals surface area (Å²) in [6.45, 7) is 0.718. The van der Waals surface area contributed by atoms with Crippen LogP contribution in [0.3, 0.4) is 0 Å². The van der Waals surface area contributed by atoms with Gasteiger partial charge in [0.25, 0.3) is 5.91 Å². The van der Waals surface area contributed by atoms with Gasteiger partial charge in [-0.1, -0.05) is 6.07 Å². The molecular weight excluding hydrogens is 192 g/mol. The molecular formula is C11H13N2O2+. The van der Waals surface area contributed by atoms with Crippen molar-refractivity contribution in [2.75, 3.05) is 13.7 Å². The number of amides is 1. The minimum Gasteiger partial charge on any atom is -0.497 e. The van der Waals surface area contributed by atoms with Crippen molar-refractivity contribution < 1.29 is 14.2 Å². The lowest BCUT2D eigenvalue weighted by Gasteiger charge is -1.98. The van der Waals surface area contributed by atoms with Crippen molar-refractivity contribution in [1.82, 2.24) is 5.43 Å². The Kier molecular flexibility index (Phi) is 2.67. The lowest BCUT2D eigenvalue weighted by Crippen LogP contribution is -2.25. The van der Waals surface area contributed by atoms with Gasteiger partial charge < -0.3 is 4.74 Å². The molecule has 1 aliphatic rings. The van der Waals surface area contributed by atoms with Crippen LogP contribution in [0.4, 0.5) is 0 Å². The van der Waals surface area contributed by atoms with Crippen LogP contribution >= 0.6 is 0 Å². The highest BCUT2D eigenvalue weighted by Crippen LogP contribution is 2.10. The largest absolute Gasteiger partial charge is 0.497 e. The Morgan fingerprint density at radius 2 is 2.40 bits per heavy atom. The van der Waals surface area contributed by atoms with Gasteiger partial charge in [-0.05, 0) is 18.2 Å². The molecule has 4 heteroatoms. The van der Waals surface area contributed by atoms with Crippen molar-refractivity contribution >= 4 is 12.1 Å². The van der Waals surface area contributed by atoms with E-state index in [0.717, 1.165) is 17.9 Å². The van der Waals surface area contributed by atoms with Crippen LogP contribution in [0.25, 0.3) is 0 Å². The number of hydrazone groups is 1. The third-order valence-corrected chi connectivity index (χ3v) is 2.25. The number of rotatable bonds is 2. The molecule has 0 unspecified atom stereocenters. The Morgan fingerprint density at radius 1 is 1.53 bits per heavy atom. The highest BCUT2D eigenvalue weighted by molar-refractivity contribution is 5.80. The zero-order valence-electron chi connectivity index (χ0n) is 8.56. The molecule has 1 aromatic carbocycles. The zero-order valence-corrected chi connectivity index (χ0v) is 8.56. The van der Waals surface area contributed by atoms with E-state index in [9.17, 15) is 4.79 Å². The average Bonchev–Trinajstić information content (AvgIpc) is 2.64. The maximum atomic E-state index is 11.0. The van der Waals surface area contributed by atoms with Crippen LogP contribution in [0.5, 0.6) is 5.75 Å². The molecule has 0 aliphatic carbocycles. The van der Waals surface area contributed by atoms with E-state index in [1.807, 2.05) is 30.5 Å². The molecule has 0 atom stereocenters. The Morgan fingerprint density at radius 3 is 3.07 bits per heavy atom. The number of carbonyl (C=O) groups is 1. The van der Waals surface area contributed by atoms with Crippen LogP contribution in [0, 0.1) is 0 Å². The molecule has 1 saturated heterocycles. The van der Waals surface area contributed by atoms with Gasteiger partial charge in [-0.15, -0.1) is 10.1 Å². The summed E-state index contributed by atoms with van der Waals surface area (Å²) >= 11 is 0. The number of methoxy groups -OCH3 is 1. The van der Waals surface area contributed by atoms with Crippen LogP contribution in [-0.4, -0.2) is 30.5 Å². The van der Waals surface area contributed by atoms with Gasteiger partial charge in [0.15, 0.2) is 6.54 Å². The lowest BCUT2D eigenvalue weighted by atomic mass is 10.2. The number of hydrogen-bond acceptors (Lipinski definition) is 2. The minimum atomic E-state index is 0.0640. The van der Waals surface area contributed by atoms with Crippen LogP contribution in [0.2, 0.25) is 0 Å². The first kappa shape index (κ1) is 9.71. The van der Waals surface area contributed by atoms with E-state index in [-0.39, 0.29) is 5.91 Å². The normalized spacial score (nSPS) is 17.9. The highest BCUT2D eigenvalue weighted by atomic mass is 16.5. The molecule has 0 radical (unpaired) electrons. The fourth-order valence-corrected chi connectivity index (χ4v) is 1.49. The Hall–Kier alpha value is -1.84. The quantitative estimate of drug-likeness (QED) is 0.717. The smallest absolute Gasteiger partial charge is 0.280 e. The Bertz CT molecular complexity index is 413. The third-order valence-electron chi connectivity index (χ3n) is 2.25. The number of carbonyl (C=O) groups excluding carboxylic acids is 1. The minimum absolute atomic E-state index is 0.0640. The summed E-state index contributed by atoms with van der Waals surface area (Å²) in [6, 6.07) is 7.69. The molecule has 78 valence electrons. The SMILES string of the molecule is COc1cccc(C=[N+]2CCC(=O)N2)c1. The maximum Gasteiger partial charge on any atom is 0.280 e. The number of ether oxygens (including phenoxy) is 1. The molecule has 2 rings (SSSR count). The van der Waals surface area contributed by atoms with Crippen molar-refractivity contribution in [2.24, 2.45) is 0 Å². The molecule has 1 aliphatic heterocycles. The predicted molar refractivity (Wildman–Crippen MR) is 56.0 cm³/mol. The van der Waals surface area contributed by atoms with Crippen molar-refractivity contribution in [1.29, 1.82) is 0 Å². The second-order valence-electron chi connectivity index (χ2n) is 3.38. The van der Waals surface area contributed by atoms with Gasteiger partial charge in [0.1, 0.15) is 5.75 Å². The molecule has 1 aromatic rings. The van der Waals surface area contributed by atoms with E-state index in [0.29, 0.717) is 6.42 Å². The monoisotopic (exact) mass is 205 g/mol. The number of nitrogens with one attached hydrogen (secondary N) is 1. The van der Waals surface area contributed by atoms with E-state index in [1.54, 1.807) is 11.8 Å². The van der Waals surface area contributed by atoms with E-state index in [2.05, 4.69) is 5.43 Å². The molecule has 0 saturated carbocycles. The lowest BCUT2D eigenvalue weighted by molar-refractivity contribution is -0.553. The first-order valence-electron chi connectivity index (χ1n) is 4.83. The molecule has 1 heterocycles. The van der Waals surface area contributed by atoms with Gasteiger partial charge in [-0.2, -0.15) is 0 Å². The highest BCUT2D eigenvalue weighted by Gasteiger charge is 2.20. The number of hydrazine groups is 1. The van der Waals surface area contributed by atoms with Gasteiger partial charge in [0.2, 0.25) is 6.21 Å². The molecule has 1 fully saturated rings. The molecule has 0 spiro atoms. The van der Waals surface area contributed by atoms with Gasteiger partial charge in [-0.25, -0.2) is 0 Å². The topological polar surface area (TPSA) is 41.3 Å². The van der Waals surface area contributed by atoms with Gasteiger partial charge >= 0.3 is 0 Å². The first-order chi connectivity index (χ1) is 7.28. The number of benzene rings is 1. The van der Waals surface area contributed by atoms with Crippen LogP contribution < -0.4 is 10.2 Å². The summed E-state index contributed by atoms with van der Waals surface area (Å²) in [5.74, 6) is 0.878. The molecule has 0 bridgehead atoms. The van der Waals surface area contributed by atoms with E-state index in [1.165, 1.54) is 0 Å². The molecule has 4 nitrogen and oxygen atoms in total. The number of hydrogen-bond donors (Lipinski definition) is 1. The van der Waals surface area contributed by atoms with Crippen molar-refractivity contribution in [3.05, 3.63) is 29.8 Å². The van der Waals surface area contributed by atoms with Crippen molar-refractivity contribution in [2.45, 2.75) is 6.42 Å². The van der Waals surface area contributed by atoms with Crippen LogP contribution in [0.1, 0.15) is 12.0 Å². The van der Waals surface area contributed by atoms with Gasteiger partial charge in [0.05, 0.1) is 13.5 Å². The Balaban J connectivity index is 2.19. The third kappa shape index (κ3) is 2.34.